The van der Waals surface area contributed by atoms with E-state index in [4.69, 9.17) is 0 Å². The molecule has 1 aliphatic rings. The molecule has 2 rings (SSSR count). The lowest BCUT2D eigenvalue weighted by atomic mass is 9.84. The molecule has 1 heterocycles. The summed E-state index contributed by atoms with van der Waals surface area (Å²) in [5.74, 6) is 0.812. The van der Waals surface area contributed by atoms with Crippen LogP contribution in [0.15, 0.2) is 4.47 Å². The summed E-state index contributed by atoms with van der Waals surface area (Å²) >= 11 is 3.72. The molecule has 0 aromatic carbocycles. The topological polar surface area (TPSA) is 29.9 Å². The van der Waals surface area contributed by atoms with Gasteiger partial charge in [-0.2, -0.15) is 5.10 Å². The Hall–Kier alpha value is -0.350. The third-order valence-corrected chi connectivity index (χ3v) is 5.89. The minimum Gasteiger partial charge on any atom is -0.314 e. The SMILES string of the molecule is CCNC(Cc1c(Br)c(C)nn1C)C1CCCCCCC1. The van der Waals surface area contributed by atoms with E-state index in [0.29, 0.717) is 6.04 Å². The van der Waals surface area contributed by atoms with E-state index in [1.165, 1.54) is 55.1 Å². The van der Waals surface area contributed by atoms with Crippen molar-refractivity contribution in [3.63, 3.8) is 0 Å². The Morgan fingerprint density at radius 3 is 2.38 bits per heavy atom. The highest BCUT2D eigenvalue weighted by atomic mass is 79.9. The van der Waals surface area contributed by atoms with Crippen molar-refractivity contribution >= 4 is 15.9 Å². The van der Waals surface area contributed by atoms with Gasteiger partial charge in [-0.05, 0) is 48.2 Å². The van der Waals surface area contributed by atoms with Crippen LogP contribution in [-0.4, -0.2) is 22.4 Å². The van der Waals surface area contributed by atoms with Gasteiger partial charge in [-0.3, -0.25) is 4.68 Å². The highest BCUT2D eigenvalue weighted by Crippen LogP contribution is 2.29. The lowest BCUT2D eigenvalue weighted by molar-refractivity contribution is 0.283. The molecule has 3 nitrogen and oxygen atoms in total. The summed E-state index contributed by atoms with van der Waals surface area (Å²) in [7, 11) is 2.06. The van der Waals surface area contributed by atoms with Crippen LogP contribution in [0.25, 0.3) is 0 Å². The Morgan fingerprint density at radius 2 is 1.86 bits per heavy atom. The van der Waals surface area contributed by atoms with Crippen molar-refractivity contribution in [2.75, 3.05) is 6.54 Å². The van der Waals surface area contributed by atoms with Gasteiger partial charge in [0.25, 0.3) is 0 Å². The van der Waals surface area contributed by atoms with Gasteiger partial charge in [0.05, 0.1) is 15.9 Å². The summed E-state index contributed by atoms with van der Waals surface area (Å²) in [6.07, 6.45) is 10.9. The first kappa shape index (κ1) is 17.0. The Kier molecular flexibility index (Phi) is 6.74. The fourth-order valence-electron chi connectivity index (χ4n) is 3.67. The summed E-state index contributed by atoms with van der Waals surface area (Å²) < 4.78 is 3.24. The number of halogens is 1. The molecule has 1 N–H and O–H groups in total. The smallest absolute Gasteiger partial charge is 0.0738 e. The van der Waals surface area contributed by atoms with Gasteiger partial charge < -0.3 is 5.32 Å². The number of aromatic nitrogens is 2. The maximum Gasteiger partial charge on any atom is 0.0738 e. The number of nitrogens with one attached hydrogen (secondary N) is 1. The molecule has 0 bridgehead atoms. The molecule has 4 heteroatoms. The van der Waals surface area contributed by atoms with E-state index in [2.05, 4.69) is 47.2 Å². The van der Waals surface area contributed by atoms with Crippen LogP contribution in [0.2, 0.25) is 0 Å². The fourth-order valence-corrected chi connectivity index (χ4v) is 4.17. The summed E-state index contributed by atoms with van der Waals surface area (Å²) in [5, 5.41) is 8.30. The van der Waals surface area contributed by atoms with Gasteiger partial charge in [0, 0.05) is 19.5 Å². The highest BCUT2D eigenvalue weighted by Gasteiger charge is 2.24. The molecule has 1 fully saturated rings. The van der Waals surface area contributed by atoms with Gasteiger partial charge in [-0.15, -0.1) is 0 Å². The monoisotopic (exact) mass is 355 g/mol. The number of nitrogens with zero attached hydrogens (tertiary/aromatic N) is 2. The van der Waals surface area contributed by atoms with Crippen molar-refractivity contribution in [2.24, 2.45) is 13.0 Å². The molecule has 1 aromatic rings. The average Bonchev–Trinajstić information content (AvgIpc) is 2.64. The van der Waals surface area contributed by atoms with E-state index in [1.807, 2.05) is 4.68 Å². The summed E-state index contributed by atoms with van der Waals surface area (Å²) in [4.78, 5) is 0. The minimum absolute atomic E-state index is 0.583. The molecule has 21 heavy (non-hydrogen) atoms. The van der Waals surface area contributed by atoms with E-state index in [0.717, 1.165) is 24.6 Å². The zero-order valence-corrected chi connectivity index (χ0v) is 15.4. The van der Waals surface area contributed by atoms with Gasteiger partial charge in [-0.25, -0.2) is 0 Å². The molecule has 1 saturated carbocycles. The van der Waals surface area contributed by atoms with Crippen LogP contribution in [0, 0.1) is 12.8 Å². The Morgan fingerprint density at radius 1 is 1.24 bits per heavy atom. The van der Waals surface area contributed by atoms with Gasteiger partial charge in [0.15, 0.2) is 0 Å². The highest BCUT2D eigenvalue weighted by molar-refractivity contribution is 9.10. The first-order valence-corrected chi connectivity index (χ1v) is 9.34. The first-order valence-electron chi connectivity index (χ1n) is 8.54. The number of hydrogen-bond donors (Lipinski definition) is 1. The van der Waals surface area contributed by atoms with Crippen molar-refractivity contribution < 1.29 is 0 Å². The van der Waals surface area contributed by atoms with Gasteiger partial charge in [-0.1, -0.05) is 39.0 Å². The van der Waals surface area contributed by atoms with Crippen LogP contribution in [0.4, 0.5) is 0 Å². The third-order valence-electron chi connectivity index (χ3n) is 4.86. The van der Waals surface area contributed by atoms with Crippen LogP contribution in [-0.2, 0) is 13.5 Å². The molecule has 0 amide bonds. The fraction of sp³-hybridized carbons (Fsp3) is 0.824. The van der Waals surface area contributed by atoms with Crippen molar-refractivity contribution in [1.29, 1.82) is 0 Å². The molecule has 1 aromatic heterocycles. The third kappa shape index (κ3) is 4.56. The van der Waals surface area contributed by atoms with Gasteiger partial charge in [0.2, 0.25) is 0 Å². The van der Waals surface area contributed by atoms with E-state index < -0.39 is 0 Å². The number of aryl methyl sites for hydroxylation is 2. The van der Waals surface area contributed by atoms with E-state index >= 15 is 0 Å². The van der Waals surface area contributed by atoms with Crippen LogP contribution >= 0.6 is 15.9 Å². The number of likely N-dealkylation sites (N-methyl/N-ethyl adjacent to an activating group) is 1. The maximum atomic E-state index is 4.54. The quantitative estimate of drug-likeness (QED) is 0.849. The summed E-state index contributed by atoms with van der Waals surface area (Å²) in [6, 6.07) is 0.583. The summed E-state index contributed by atoms with van der Waals surface area (Å²) in [5.41, 5.74) is 2.43. The van der Waals surface area contributed by atoms with Crippen molar-refractivity contribution in [3.05, 3.63) is 15.9 Å². The lowest BCUT2D eigenvalue weighted by Gasteiger charge is -2.29. The summed E-state index contributed by atoms with van der Waals surface area (Å²) in [6.45, 7) is 5.35. The molecule has 1 atom stereocenters. The van der Waals surface area contributed by atoms with Crippen molar-refractivity contribution in [1.82, 2.24) is 15.1 Å². The molecule has 0 aliphatic heterocycles. The van der Waals surface area contributed by atoms with Crippen molar-refractivity contribution in [2.45, 2.75) is 71.3 Å². The molecule has 0 radical (unpaired) electrons. The number of rotatable bonds is 5. The van der Waals surface area contributed by atoms with Gasteiger partial charge in [0.1, 0.15) is 0 Å². The molecule has 0 spiro atoms. The molecule has 1 aliphatic carbocycles. The Balaban J connectivity index is 2.09. The first-order chi connectivity index (χ1) is 10.1. The van der Waals surface area contributed by atoms with Crippen LogP contribution < -0.4 is 5.32 Å². The zero-order chi connectivity index (χ0) is 15.2. The van der Waals surface area contributed by atoms with Crippen LogP contribution in [0.1, 0.15) is 63.3 Å². The standard InChI is InChI=1S/C17H30BrN3/c1-4-19-15(14-10-8-6-5-7-9-11-14)12-16-17(18)13(2)20-21(16)3/h14-15,19H,4-12H2,1-3H3. The molecular weight excluding hydrogens is 326 g/mol. The predicted octanol–water partition coefficient (Wildman–Crippen LogP) is 4.37. The zero-order valence-electron chi connectivity index (χ0n) is 13.8. The van der Waals surface area contributed by atoms with Crippen LogP contribution in [0.3, 0.4) is 0 Å². The van der Waals surface area contributed by atoms with E-state index in [9.17, 15) is 0 Å². The molecular formula is C17H30BrN3. The predicted molar refractivity (Wildman–Crippen MR) is 92.6 cm³/mol. The Bertz CT molecular complexity index is 433. The molecule has 0 saturated heterocycles. The molecule has 120 valence electrons. The second kappa shape index (κ2) is 8.33. The average molecular weight is 356 g/mol. The van der Waals surface area contributed by atoms with Crippen LogP contribution in [0.5, 0.6) is 0 Å². The van der Waals surface area contributed by atoms with Crippen molar-refractivity contribution in [3.8, 4) is 0 Å². The maximum absolute atomic E-state index is 4.54. The van der Waals surface area contributed by atoms with E-state index in [1.54, 1.807) is 0 Å². The minimum atomic E-state index is 0.583. The molecule has 1 unspecified atom stereocenters. The lowest BCUT2D eigenvalue weighted by Crippen LogP contribution is -2.39. The Labute approximate surface area is 138 Å². The largest absolute Gasteiger partial charge is 0.314 e. The normalized spacial score (nSPS) is 19.2. The second-order valence-corrected chi connectivity index (χ2v) is 7.24. The van der Waals surface area contributed by atoms with E-state index in [-0.39, 0.29) is 0 Å². The van der Waals surface area contributed by atoms with Gasteiger partial charge >= 0.3 is 0 Å². The number of hydrogen-bond acceptors (Lipinski definition) is 2. The second-order valence-electron chi connectivity index (χ2n) is 6.44.